The fraction of sp³-hybridized carbons (Fsp3) is 0.261. The van der Waals surface area contributed by atoms with Gasteiger partial charge in [-0.15, -0.1) is 0 Å². The molecule has 2 aromatic carbocycles. The zero-order valence-electron chi connectivity index (χ0n) is 16.7. The van der Waals surface area contributed by atoms with Crippen LogP contribution in [-0.4, -0.2) is 17.3 Å². The summed E-state index contributed by atoms with van der Waals surface area (Å²) in [5.41, 5.74) is 4.93. The van der Waals surface area contributed by atoms with E-state index in [1.165, 1.54) is 6.07 Å². The van der Waals surface area contributed by atoms with Crippen molar-refractivity contribution in [2.75, 3.05) is 6.79 Å². The van der Waals surface area contributed by atoms with E-state index in [4.69, 9.17) is 9.47 Å². The number of nitrogens with one attached hydrogen (secondary N) is 1. The van der Waals surface area contributed by atoms with Crippen LogP contribution < -0.4 is 14.8 Å². The van der Waals surface area contributed by atoms with E-state index in [9.17, 15) is 9.18 Å². The topological polar surface area (TPSA) is 52.5 Å². The zero-order valence-corrected chi connectivity index (χ0v) is 16.7. The van der Waals surface area contributed by atoms with Crippen LogP contribution in [0.2, 0.25) is 0 Å². The molecule has 5 nitrogen and oxygen atoms in total. The van der Waals surface area contributed by atoms with Crippen molar-refractivity contribution in [1.29, 1.82) is 0 Å². The summed E-state index contributed by atoms with van der Waals surface area (Å²) in [6.07, 6.45) is 0. The van der Waals surface area contributed by atoms with Crippen LogP contribution in [0.15, 0.2) is 42.5 Å². The van der Waals surface area contributed by atoms with E-state index in [1.807, 2.05) is 43.5 Å². The van der Waals surface area contributed by atoms with Gasteiger partial charge in [0.25, 0.3) is 5.91 Å². The van der Waals surface area contributed by atoms with Gasteiger partial charge in [-0.05, 0) is 55.7 Å². The Kier molecular flexibility index (Phi) is 5.01. The van der Waals surface area contributed by atoms with E-state index in [0.29, 0.717) is 35.8 Å². The summed E-state index contributed by atoms with van der Waals surface area (Å²) in [4.78, 5) is 13.1. The summed E-state index contributed by atoms with van der Waals surface area (Å²) in [6, 6.07) is 12.2. The molecule has 6 heteroatoms. The molecular weight excluding hydrogens is 371 g/mol. The minimum atomic E-state index is -0.275. The molecule has 1 N–H and O–H groups in total. The van der Waals surface area contributed by atoms with Gasteiger partial charge in [0, 0.05) is 17.8 Å². The minimum Gasteiger partial charge on any atom is -0.454 e. The third-order valence-corrected chi connectivity index (χ3v) is 5.53. The van der Waals surface area contributed by atoms with Crippen LogP contribution in [0, 0.1) is 26.6 Å². The summed E-state index contributed by atoms with van der Waals surface area (Å²) in [7, 11) is 0. The smallest absolute Gasteiger partial charge is 0.268 e. The van der Waals surface area contributed by atoms with Crippen LogP contribution in [-0.2, 0) is 13.1 Å². The number of nitrogens with zero attached hydrogens (tertiary/aromatic N) is 1. The number of carbonyl (C=O) groups is 1. The SMILES string of the molecule is Cc1c(C)c(C(=O)NCc2ccc3c(c2)OCO3)n(Cc2ccccc2F)c1C. The lowest BCUT2D eigenvalue weighted by molar-refractivity contribution is 0.0941. The van der Waals surface area contributed by atoms with E-state index < -0.39 is 0 Å². The first-order valence-corrected chi connectivity index (χ1v) is 9.52. The highest BCUT2D eigenvalue weighted by Gasteiger charge is 2.22. The van der Waals surface area contributed by atoms with Crippen LogP contribution in [0.1, 0.15) is 38.4 Å². The fourth-order valence-corrected chi connectivity index (χ4v) is 3.63. The summed E-state index contributed by atoms with van der Waals surface area (Å²) < 4.78 is 26.8. The number of hydrogen-bond acceptors (Lipinski definition) is 3. The molecule has 0 bridgehead atoms. The molecule has 4 rings (SSSR count). The quantitative estimate of drug-likeness (QED) is 0.704. The van der Waals surface area contributed by atoms with Gasteiger partial charge in [-0.25, -0.2) is 4.39 Å². The number of rotatable bonds is 5. The number of hydrogen-bond donors (Lipinski definition) is 1. The van der Waals surface area contributed by atoms with Crippen LogP contribution in [0.4, 0.5) is 4.39 Å². The molecule has 3 aromatic rings. The van der Waals surface area contributed by atoms with Crippen molar-refractivity contribution < 1.29 is 18.7 Å². The Morgan fingerprint density at radius 3 is 2.62 bits per heavy atom. The Hall–Kier alpha value is -3.28. The molecule has 0 unspecified atom stereocenters. The molecule has 150 valence electrons. The molecule has 1 aliphatic heterocycles. The van der Waals surface area contributed by atoms with E-state index >= 15 is 0 Å². The standard InChI is InChI=1S/C23H23FN2O3/c1-14-15(2)22(26(16(14)3)12-18-6-4-5-7-19(18)24)23(27)25-11-17-8-9-20-21(10-17)29-13-28-20/h4-10H,11-13H2,1-3H3,(H,25,27). The second kappa shape index (κ2) is 7.62. The molecule has 0 aliphatic carbocycles. The van der Waals surface area contributed by atoms with Gasteiger partial charge in [-0.2, -0.15) is 0 Å². The zero-order chi connectivity index (χ0) is 20.5. The average Bonchev–Trinajstić information content (AvgIpc) is 3.26. The fourth-order valence-electron chi connectivity index (χ4n) is 3.63. The van der Waals surface area contributed by atoms with E-state index in [1.54, 1.807) is 18.2 Å². The number of benzene rings is 2. The molecule has 0 saturated heterocycles. The third kappa shape index (κ3) is 3.58. The van der Waals surface area contributed by atoms with Crippen LogP contribution in [0.25, 0.3) is 0 Å². The van der Waals surface area contributed by atoms with E-state index in [0.717, 1.165) is 22.4 Å². The molecule has 0 atom stereocenters. The van der Waals surface area contributed by atoms with Gasteiger partial charge in [0.15, 0.2) is 11.5 Å². The first-order valence-electron chi connectivity index (χ1n) is 9.52. The van der Waals surface area contributed by atoms with Gasteiger partial charge in [0.1, 0.15) is 11.5 Å². The van der Waals surface area contributed by atoms with Crippen LogP contribution in [0.3, 0.4) is 0 Å². The average molecular weight is 394 g/mol. The van der Waals surface area contributed by atoms with Gasteiger partial charge >= 0.3 is 0 Å². The van der Waals surface area contributed by atoms with Crippen LogP contribution >= 0.6 is 0 Å². The van der Waals surface area contributed by atoms with Gasteiger partial charge in [0.05, 0.1) is 6.54 Å². The number of halogens is 1. The number of carbonyl (C=O) groups excluding carboxylic acids is 1. The summed E-state index contributed by atoms with van der Waals surface area (Å²) >= 11 is 0. The Morgan fingerprint density at radius 2 is 1.83 bits per heavy atom. The summed E-state index contributed by atoms with van der Waals surface area (Å²) in [6.45, 7) is 6.74. The summed E-state index contributed by atoms with van der Waals surface area (Å²) in [5.74, 6) is 0.929. The second-order valence-electron chi connectivity index (χ2n) is 7.23. The van der Waals surface area contributed by atoms with Crippen molar-refractivity contribution in [3.05, 3.63) is 81.9 Å². The summed E-state index contributed by atoms with van der Waals surface area (Å²) in [5, 5.41) is 2.98. The minimum absolute atomic E-state index is 0.187. The normalized spacial score (nSPS) is 12.3. The Morgan fingerprint density at radius 1 is 1.07 bits per heavy atom. The molecule has 1 aliphatic rings. The number of ether oxygens (including phenoxy) is 2. The Balaban J connectivity index is 1.58. The third-order valence-electron chi connectivity index (χ3n) is 5.53. The van der Waals surface area contributed by atoms with Gasteiger partial charge in [-0.3, -0.25) is 4.79 Å². The predicted octanol–water partition coefficient (Wildman–Crippen LogP) is 4.26. The molecule has 29 heavy (non-hydrogen) atoms. The molecule has 0 radical (unpaired) electrons. The Labute approximate surface area is 169 Å². The monoisotopic (exact) mass is 394 g/mol. The predicted molar refractivity (Wildman–Crippen MR) is 108 cm³/mol. The highest BCUT2D eigenvalue weighted by molar-refractivity contribution is 5.95. The van der Waals surface area contributed by atoms with Crippen molar-refractivity contribution in [3.63, 3.8) is 0 Å². The molecule has 1 aromatic heterocycles. The largest absolute Gasteiger partial charge is 0.454 e. The number of aromatic nitrogens is 1. The lowest BCUT2D eigenvalue weighted by Crippen LogP contribution is -2.27. The van der Waals surface area contributed by atoms with Gasteiger partial charge in [0.2, 0.25) is 6.79 Å². The maximum Gasteiger partial charge on any atom is 0.268 e. The van der Waals surface area contributed by atoms with Crippen molar-refractivity contribution >= 4 is 5.91 Å². The highest BCUT2D eigenvalue weighted by atomic mass is 19.1. The molecule has 1 amide bonds. The molecule has 2 heterocycles. The number of amides is 1. The van der Waals surface area contributed by atoms with Crippen molar-refractivity contribution in [2.24, 2.45) is 0 Å². The highest BCUT2D eigenvalue weighted by Crippen LogP contribution is 2.32. The van der Waals surface area contributed by atoms with Crippen molar-refractivity contribution in [3.8, 4) is 11.5 Å². The van der Waals surface area contributed by atoms with Crippen molar-refractivity contribution in [1.82, 2.24) is 9.88 Å². The lowest BCUT2D eigenvalue weighted by Gasteiger charge is -2.14. The molecule has 0 saturated carbocycles. The first kappa shape index (κ1) is 19.1. The maximum atomic E-state index is 14.2. The second-order valence-corrected chi connectivity index (χ2v) is 7.23. The van der Waals surface area contributed by atoms with Crippen molar-refractivity contribution in [2.45, 2.75) is 33.9 Å². The number of fused-ring (bicyclic) bond motifs is 1. The van der Waals surface area contributed by atoms with E-state index in [2.05, 4.69) is 5.32 Å². The van der Waals surface area contributed by atoms with Crippen LogP contribution in [0.5, 0.6) is 11.5 Å². The first-order chi connectivity index (χ1) is 14.0. The van der Waals surface area contributed by atoms with Gasteiger partial charge < -0.3 is 19.4 Å². The molecule has 0 fully saturated rings. The molecule has 0 spiro atoms. The van der Waals surface area contributed by atoms with E-state index in [-0.39, 0.29) is 18.5 Å². The lowest BCUT2D eigenvalue weighted by atomic mass is 10.1. The Bertz CT molecular complexity index is 1090. The maximum absolute atomic E-state index is 14.2. The molecular formula is C23H23FN2O3. The van der Waals surface area contributed by atoms with Gasteiger partial charge in [-0.1, -0.05) is 24.3 Å².